The van der Waals surface area contributed by atoms with Gasteiger partial charge in [0.25, 0.3) is 0 Å². The van der Waals surface area contributed by atoms with Crippen LogP contribution >= 0.6 is 0 Å². The molecule has 1 N–H and O–H groups in total. The Bertz CT molecular complexity index is 940. The normalized spacial score (nSPS) is 11.0. The molecular formula is C25H35N5O2. The lowest BCUT2D eigenvalue weighted by atomic mass is 10.1. The van der Waals surface area contributed by atoms with Crippen molar-refractivity contribution >= 4 is 0 Å². The zero-order valence-electron chi connectivity index (χ0n) is 19.5. The van der Waals surface area contributed by atoms with E-state index in [0.717, 1.165) is 18.8 Å². The number of nitrogens with one attached hydrogen (secondary N) is 1. The van der Waals surface area contributed by atoms with E-state index in [9.17, 15) is 0 Å². The zero-order valence-corrected chi connectivity index (χ0v) is 19.5. The summed E-state index contributed by atoms with van der Waals surface area (Å²) in [7, 11) is 1.66. The first kappa shape index (κ1) is 23.7. The van der Waals surface area contributed by atoms with Crippen LogP contribution in [0.1, 0.15) is 62.4 Å². The van der Waals surface area contributed by atoms with Gasteiger partial charge >= 0.3 is 0 Å². The van der Waals surface area contributed by atoms with Crippen LogP contribution in [0.25, 0.3) is 5.69 Å². The second-order valence-corrected chi connectivity index (χ2v) is 8.06. The number of ether oxygens (including phenoxy) is 2. The van der Waals surface area contributed by atoms with Crippen molar-refractivity contribution in [2.24, 2.45) is 0 Å². The van der Waals surface area contributed by atoms with Gasteiger partial charge in [-0.3, -0.25) is 0 Å². The Labute approximate surface area is 191 Å². The van der Waals surface area contributed by atoms with Gasteiger partial charge in [0, 0.05) is 6.54 Å². The summed E-state index contributed by atoms with van der Waals surface area (Å²) >= 11 is 0. The van der Waals surface area contributed by atoms with Crippen LogP contribution in [0.15, 0.2) is 42.5 Å². The number of aromatic nitrogens is 4. The van der Waals surface area contributed by atoms with E-state index in [0.29, 0.717) is 17.3 Å². The minimum atomic E-state index is 0.243. The number of methoxy groups -OCH3 is 1. The van der Waals surface area contributed by atoms with Gasteiger partial charge in [-0.2, -0.15) is 4.68 Å². The smallest absolute Gasteiger partial charge is 0.194 e. The van der Waals surface area contributed by atoms with E-state index in [2.05, 4.69) is 33.8 Å². The van der Waals surface area contributed by atoms with Crippen LogP contribution in [0.3, 0.4) is 0 Å². The molecule has 7 nitrogen and oxygen atoms in total. The predicted octanol–water partition coefficient (Wildman–Crippen LogP) is 5.01. The Morgan fingerprint density at radius 2 is 1.72 bits per heavy atom. The number of unbranched alkanes of at least 4 members (excludes halogenated alkanes) is 5. The van der Waals surface area contributed by atoms with Gasteiger partial charge in [0.2, 0.25) is 0 Å². The summed E-state index contributed by atoms with van der Waals surface area (Å²) in [6, 6.07) is 14.1. The van der Waals surface area contributed by atoms with Gasteiger partial charge in [-0.1, -0.05) is 62.8 Å². The van der Waals surface area contributed by atoms with Crippen LogP contribution in [0.5, 0.6) is 11.5 Å². The molecule has 0 fully saturated rings. The lowest BCUT2D eigenvalue weighted by molar-refractivity contribution is 0.273. The summed E-state index contributed by atoms with van der Waals surface area (Å²) in [4.78, 5) is 0. The average molecular weight is 438 g/mol. The molecule has 2 aromatic carbocycles. The molecule has 0 aliphatic carbocycles. The highest BCUT2D eigenvalue weighted by Crippen LogP contribution is 2.29. The van der Waals surface area contributed by atoms with Crippen LogP contribution in [0, 0.1) is 6.92 Å². The van der Waals surface area contributed by atoms with E-state index >= 15 is 0 Å². The number of rotatable bonds is 14. The third kappa shape index (κ3) is 7.05. The molecule has 1 heterocycles. The molecule has 0 bridgehead atoms. The van der Waals surface area contributed by atoms with E-state index < -0.39 is 0 Å². The van der Waals surface area contributed by atoms with Crippen molar-refractivity contribution in [1.29, 1.82) is 0 Å². The van der Waals surface area contributed by atoms with E-state index in [4.69, 9.17) is 9.47 Å². The van der Waals surface area contributed by atoms with E-state index in [1.54, 1.807) is 11.8 Å². The molecule has 0 aliphatic rings. The van der Waals surface area contributed by atoms with Crippen LogP contribution < -0.4 is 14.8 Å². The third-order valence-electron chi connectivity index (χ3n) is 5.43. The summed E-state index contributed by atoms with van der Waals surface area (Å²) in [5, 5.41) is 15.5. The Kier molecular flexibility index (Phi) is 9.50. The molecule has 3 rings (SSSR count). The topological polar surface area (TPSA) is 74.1 Å². The number of tetrazole rings is 1. The highest BCUT2D eigenvalue weighted by atomic mass is 16.5. The van der Waals surface area contributed by atoms with Crippen molar-refractivity contribution in [1.82, 2.24) is 25.5 Å². The zero-order chi connectivity index (χ0) is 22.6. The minimum absolute atomic E-state index is 0.243. The van der Waals surface area contributed by atoms with Crippen molar-refractivity contribution in [2.75, 3.05) is 13.7 Å². The first-order valence-electron chi connectivity index (χ1n) is 11.6. The van der Waals surface area contributed by atoms with Crippen molar-refractivity contribution < 1.29 is 9.47 Å². The molecule has 0 atom stereocenters. The second kappa shape index (κ2) is 12.8. The molecule has 0 spiro atoms. The molecule has 3 aromatic rings. The van der Waals surface area contributed by atoms with Gasteiger partial charge in [0.15, 0.2) is 23.9 Å². The van der Waals surface area contributed by atoms with Crippen molar-refractivity contribution in [3.63, 3.8) is 0 Å². The molecule has 0 amide bonds. The van der Waals surface area contributed by atoms with Gasteiger partial charge in [0.05, 0.1) is 12.8 Å². The molecule has 172 valence electrons. The number of aryl methyl sites for hydroxylation is 1. The van der Waals surface area contributed by atoms with Crippen LogP contribution in [0.2, 0.25) is 0 Å². The molecule has 0 aliphatic heterocycles. The Hall–Kier alpha value is -2.93. The molecule has 0 saturated carbocycles. The Morgan fingerprint density at radius 1 is 0.938 bits per heavy atom. The summed E-state index contributed by atoms with van der Waals surface area (Å²) in [6.07, 6.45) is 7.85. The van der Waals surface area contributed by atoms with Crippen molar-refractivity contribution in [3.8, 4) is 17.2 Å². The predicted molar refractivity (Wildman–Crippen MR) is 126 cm³/mol. The minimum Gasteiger partial charge on any atom is -0.493 e. The second-order valence-electron chi connectivity index (χ2n) is 8.06. The lowest BCUT2D eigenvalue weighted by Gasteiger charge is -2.13. The first-order chi connectivity index (χ1) is 15.7. The fourth-order valence-corrected chi connectivity index (χ4v) is 3.53. The summed E-state index contributed by atoms with van der Waals surface area (Å²) in [6.45, 7) is 6.40. The highest BCUT2D eigenvalue weighted by Gasteiger charge is 2.12. The SMILES string of the molecule is CCCCCCCCNCc1ccc(OCc2nnnn2-c2ccc(C)cc2)c(OC)c1. The molecule has 7 heteroatoms. The summed E-state index contributed by atoms with van der Waals surface area (Å²) in [5.74, 6) is 2.00. The number of nitrogens with zero attached hydrogens (tertiary/aromatic N) is 4. The van der Waals surface area contributed by atoms with E-state index in [-0.39, 0.29) is 6.61 Å². The van der Waals surface area contributed by atoms with Gasteiger partial charge in [-0.25, -0.2) is 0 Å². The highest BCUT2D eigenvalue weighted by molar-refractivity contribution is 5.43. The molecular weight excluding hydrogens is 402 g/mol. The maximum atomic E-state index is 5.99. The van der Waals surface area contributed by atoms with Gasteiger partial charge < -0.3 is 14.8 Å². The maximum absolute atomic E-state index is 5.99. The lowest BCUT2D eigenvalue weighted by Crippen LogP contribution is -2.14. The standard InChI is InChI=1S/C25H35N5O2/c1-4-5-6-7-8-9-16-26-18-21-12-15-23(24(17-21)31-3)32-19-25-27-28-29-30(25)22-13-10-20(2)11-14-22/h10-15,17,26H,4-9,16,18-19H2,1-3H3. The van der Waals surface area contributed by atoms with Gasteiger partial charge in [-0.15, -0.1) is 5.10 Å². The largest absolute Gasteiger partial charge is 0.493 e. The monoisotopic (exact) mass is 437 g/mol. The van der Waals surface area contributed by atoms with Crippen molar-refractivity contribution in [2.45, 2.75) is 65.5 Å². The Morgan fingerprint density at radius 3 is 2.50 bits per heavy atom. The third-order valence-corrected chi connectivity index (χ3v) is 5.43. The first-order valence-corrected chi connectivity index (χ1v) is 11.6. The summed E-state index contributed by atoms with van der Waals surface area (Å²) < 4.78 is 13.2. The van der Waals surface area contributed by atoms with Crippen LogP contribution in [0.4, 0.5) is 0 Å². The molecule has 0 saturated heterocycles. The summed E-state index contributed by atoms with van der Waals surface area (Å²) in [5.41, 5.74) is 3.26. The maximum Gasteiger partial charge on any atom is 0.194 e. The quantitative estimate of drug-likeness (QED) is 0.358. The van der Waals surface area contributed by atoms with Gasteiger partial charge in [-0.05, 0) is 60.1 Å². The fraction of sp³-hybridized carbons (Fsp3) is 0.480. The van der Waals surface area contributed by atoms with Crippen molar-refractivity contribution in [3.05, 3.63) is 59.4 Å². The van der Waals surface area contributed by atoms with Crippen LogP contribution in [-0.2, 0) is 13.2 Å². The Balaban J connectivity index is 1.50. The van der Waals surface area contributed by atoms with Crippen LogP contribution in [-0.4, -0.2) is 33.9 Å². The van der Waals surface area contributed by atoms with Gasteiger partial charge in [0.1, 0.15) is 0 Å². The van der Waals surface area contributed by atoms with E-state index in [1.165, 1.54) is 49.7 Å². The molecule has 0 radical (unpaired) electrons. The molecule has 32 heavy (non-hydrogen) atoms. The number of hydrogen-bond acceptors (Lipinski definition) is 6. The average Bonchev–Trinajstić information content (AvgIpc) is 3.29. The fourth-order valence-electron chi connectivity index (χ4n) is 3.53. The number of benzene rings is 2. The number of hydrogen-bond donors (Lipinski definition) is 1. The molecule has 1 aromatic heterocycles. The molecule has 0 unspecified atom stereocenters. The van der Waals surface area contributed by atoms with E-state index in [1.807, 2.05) is 43.3 Å².